The average Bonchev–Trinajstić information content (AvgIpc) is 2.77. The predicted molar refractivity (Wildman–Crippen MR) is 122 cm³/mol. The average molecular weight is 456 g/mol. The van der Waals surface area contributed by atoms with Gasteiger partial charge >= 0.3 is 6.09 Å². The molecule has 8 heteroatoms. The molecule has 0 radical (unpaired) electrons. The fraction of sp³-hybridized carbons (Fsp3) is 0.375. The van der Waals surface area contributed by atoms with E-state index in [0.717, 1.165) is 11.1 Å². The van der Waals surface area contributed by atoms with Gasteiger partial charge < -0.3 is 14.5 Å². The van der Waals surface area contributed by atoms with Crippen LogP contribution in [0.3, 0.4) is 0 Å². The molecule has 0 saturated carbocycles. The second-order valence-corrected chi connectivity index (χ2v) is 8.93. The smallest absolute Gasteiger partial charge is 0.410 e. The van der Waals surface area contributed by atoms with E-state index in [9.17, 15) is 14.0 Å². The molecule has 2 unspecified atom stereocenters. The van der Waals surface area contributed by atoms with Crippen LogP contribution in [0.2, 0.25) is 0 Å². The molecule has 2 atom stereocenters. The summed E-state index contributed by atoms with van der Waals surface area (Å²) in [7, 11) is 0. The van der Waals surface area contributed by atoms with E-state index in [0.29, 0.717) is 24.7 Å². The molecular formula is C24H26FN3O3S. The SMILES string of the molecule is CC(c1ccc(F)cc1)N1C(=O)CC2(C)CN(C(=O)OCc3ccccc3)CCN2C1=S. The number of hydrogen-bond donors (Lipinski definition) is 0. The number of carbonyl (C=O) groups excluding carboxylic acids is 2. The summed E-state index contributed by atoms with van der Waals surface area (Å²) >= 11 is 5.72. The summed E-state index contributed by atoms with van der Waals surface area (Å²) in [6.07, 6.45) is -0.170. The molecule has 0 N–H and O–H groups in total. The third-order valence-corrected chi connectivity index (χ3v) is 6.63. The van der Waals surface area contributed by atoms with E-state index in [-0.39, 0.29) is 30.8 Å². The van der Waals surface area contributed by atoms with Crippen molar-refractivity contribution in [3.05, 3.63) is 71.5 Å². The van der Waals surface area contributed by atoms with E-state index in [1.807, 2.05) is 49.1 Å². The lowest BCUT2D eigenvalue weighted by atomic mass is 9.89. The standard InChI is InChI=1S/C24H26FN3O3S/c1-17(19-8-10-20(25)11-9-19)28-21(29)14-24(2)16-26(12-13-27(24)22(28)32)23(30)31-15-18-6-4-3-5-7-18/h3-11,17H,12-16H2,1-2H3. The number of halogens is 1. The number of thiocarbonyl (C=S) groups is 1. The Hall–Kier alpha value is -3.00. The molecule has 4 rings (SSSR count). The highest BCUT2D eigenvalue weighted by Crippen LogP contribution is 2.35. The first kappa shape index (κ1) is 22.2. The summed E-state index contributed by atoms with van der Waals surface area (Å²) in [6.45, 7) is 5.36. The van der Waals surface area contributed by atoms with Crippen LogP contribution < -0.4 is 0 Å². The van der Waals surface area contributed by atoms with Gasteiger partial charge in [0.1, 0.15) is 12.4 Å². The van der Waals surface area contributed by atoms with Crippen molar-refractivity contribution in [2.24, 2.45) is 0 Å². The summed E-state index contributed by atoms with van der Waals surface area (Å²) in [5.74, 6) is -0.429. The number of benzene rings is 2. The Bertz CT molecular complexity index is 1020. The highest BCUT2D eigenvalue weighted by Gasteiger charge is 2.49. The first-order chi connectivity index (χ1) is 15.3. The van der Waals surface area contributed by atoms with Gasteiger partial charge in [-0.3, -0.25) is 9.69 Å². The van der Waals surface area contributed by atoms with Crippen LogP contribution in [0.1, 0.15) is 37.4 Å². The van der Waals surface area contributed by atoms with Crippen LogP contribution in [-0.4, -0.2) is 57.0 Å². The number of nitrogens with zero attached hydrogens (tertiary/aromatic N) is 3. The van der Waals surface area contributed by atoms with Crippen LogP contribution >= 0.6 is 12.2 Å². The minimum absolute atomic E-state index is 0.106. The second-order valence-electron chi connectivity index (χ2n) is 8.56. The van der Waals surface area contributed by atoms with Gasteiger partial charge in [0.25, 0.3) is 0 Å². The molecule has 2 aliphatic heterocycles. The lowest BCUT2D eigenvalue weighted by Gasteiger charge is -2.55. The molecular weight excluding hydrogens is 429 g/mol. The lowest BCUT2D eigenvalue weighted by Crippen LogP contribution is -2.70. The number of carbonyl (C=O) groups is 2. The zero-order valence-corrected chi connectivity index (χ0v) is 19.0. The molecule has 32 heavy (non-hydrogen) atoms. The Labute approximate surface area is 192 Å². The van der Waals surface area contributed by atoms with E-state index < -0.39 is 11.6 Å². The molecule has 0 aromatic heterocycles. The van der Waals surface area contributed by atoms with Crippen LogP contribution in [0.5, 0.6) is 0 Å². The van der Waals surface area contributed by atoms with Gasteiger partial charge in [-0.05, 0) is 49.3 Å². The topological polar surface area (TPSA) is 53.1 Å². The number of amides is 2. The maximum Gasteiger partial charge on any atom is 0.410 e. The van der Waals surface area contributed by atoms with E-state index >= 15 is 0 Å². The molecule has 2 heterocycles. The predicted octanol–water partition coefficient (Wildman–Crippen LogP) is 4.12. The van der Waals surface area contributed by atoms with Crippen molar-refractivity contribution in [1.29, 1.82) is 0 Å². The Kier molecular flexibility index (Phi) is 6.15. The number of rotatable bonds is 4. The Morgan fingerprint density at radius 1 is 1.16 bits per heavy atom. The lowest BCUT2D eigenvalue weighted by molar-refractivity contribution is -0.136. The minimum atomic E-state index is -0.600. The van der Waals surface area contributed by atoms with Gasteiger partial charge in [-0.2, -0.15) is 0 Å². The molecule has 2 fully saturated rings. The Morgan fingerprint density at radius 3 is 2.53 bits per heavy atom. The van der Waals surface area contributed by atoms with Gasteiger partial charge in [0, 0.05) is 19.6 Å². The highest BCUT2D eigenvalue weighted by molar-refractivity contribution is 7.80. The van der Waals surface area contributed by atoms with E-state index in [2.05, 4.69) is 0 Å². The Balaban J connectivity index is 1.44. The van der Waals surface area contributed by atoms with Gasteiger partial charge in [-0.15, -0.1) is 0 Å². The van der Waals surface area contributed by atoms with Crippen molar-refractivity contribution in [1.82, 2.24) is 14.7 Å². The van der Waals surface area contributed by atoms with Crippen molar-refractivity contribution in [3.8, 4) is 0 Å². The number of piperazine rings is 1. The van der Waals surface area contributed by atoms with Gasteiger partial charge in [0.05, 0.1) is 18.0 Å². The van der Waals surface area contributed by atoms with Crippen molar-refractivity contribution < 1.29 is 18.7 Å². The van der Waals surface area contributed by atoms with Crippen LogP contribution in [0.15, 0.2) is 54.6 Å². The molecule has 2 amide bonds. The molecule has 0 bridgehead atoms. The van der Waals surface area contributed by atoms with Crippen molar-refractivity contribution in [3.63, 3.8) is 0 Å². The second kappa shape index (κ2) is 8.86. The van der Waals surface area contributed by atoms with Crippen LogP contribution in [0.25, 0.3) is 0 Å². The molecule has 2 aromatic carbocycles. The molecule has 2 aliphatic rings. The normalized spacial score (nSPS) is 21.9. The molecule has 2 saturated heterocycles. The minimum Gasteiger partial charge on any atom is -0.445 e. The third-order valence-electron chi connectivity index (χ3n) is 6.22. The van der Waals surface area contributed by atoms with Gasteiger partial charge in [-0.1, -0.05) is 42.5 Å². The summed E-state index contributed by atoms with van der Waals surface area (Å²) in [5, 5.41) is 0.442. The summed E-state index contributed by atoms with van der Waals surface area (Å²) in [4.78, 5) is 31.1. The fourth-order valence-corrected chi connectivity index (χ4v) is 5.00. The largest absolute Gasteiger partial charge is 0.445 e. The quantitative estimate of drug-likeness (QED) is 0.650. The maximum absolute atomic E-state index is 13.3. The Morgan fingerprint density at radius 2 is 1.84 bits per heavy atom. The van der Waals surface area contributed by atoms with Gasteiger partial charge in [-0.25, -0.2) is 9.18 Å². The maximum atomic E-state index is 13.3. The highest BCUT2D eigenvalue weighted by atomic mass is 32.1. The van der Waals surface area contributed by atoms with Gasteiger partial charge in [0.2, 0.25) is 5.91 Å². The number of fused-ring (bicyclic) bond motifs is 1. The summed E-state index contributed by atoms with van der Waals surface area (Å²) < 4.78 is 18.8. The monoisotopic (exact) mass is 455 g/mol. The third kappa shape index (κ3) is 4.32. The van der Waals surface area contributed by atoms with E-state index in [4.69, 9.17) is 17.0 Å². The van der Waals surface area contributed by atoms with Crippen molar-refractivity contribution in [2.45, 2.75) is 38.5 Å². The van der Waals surface area contributed by atoms with Crippen molar-refractivity contribution >= 4 is 29.3 Å². The van der Waals surface area contributed by atoms with Crippen LogP contribution in [0, 0.1) is 5.82 Å². The molecule has 168 valence electrons. The van der Waals surface area contributed by atoms with E-state index in [1.165, 1.54) is 12.1 Å². The molecule has 6 nitrogen and oxygen atoms in total. The number of ether oxygens (including phenoxy) is 1. The van der Waals surface area contributed by atoms with Gasteiger partial charge in [0.15, 0.2) is 5.11 Å². The number of hydrogen-bond acceptors (Lipinski definition) is 4. The molecule has 0 aliphatic carbocycles. The van der Waals surface area contributed by atoms with Crippen LogP contribution in [-0.2, 0) is 16.1 Å². The summed E-state index contributed by atoms with van der Waals surface area (Å²) in [5.41, 5.74) is 1.14. The zero-order valence-electron chi connectivity index (χ0n) is 18.2. The van der Waals surface area contributed by atoms with Crippen LogP contribution in [0.4, 0.5) is 9.18 Å². The fourth-order valence-electron chi connectivity index (χ4n) is 4.43. The molecule has 2 aromatic rings. The van der Waals surface area contributed by atoms with E-state index in [1.54, 1.807) is 21.9 Å². The summed E-state index contributed by atoms with van der Waals surface area (Å²) in [6, 6.07) is 15.3. The first-order valence-electron chi connectivity index (χ1n) is 10.6. The molecule has 0 spiro atoms. The zero-order chi connectivity index (χ0) is 22.9. The first-order valence-corrected chi connectivity index (χ1v) is 11.0. The van der Waals surface area contributed by atoms with Crippen molar-refractivity contribution in [2.75, 3.05) is 19.6 Å².